The Bertz CT molecular complexity index is 367. The number of carbonyl (C=O) groups excluding carboxylic acids is 1. The maximum Gasteiger partial charge on any atom is 0.309 e. The van der Waals surface area contributed by atoms with Gasteiger partial charge in [-0.15, -0.1) is 0 Å². The van der Waals surface area contributed by atoms with Crippen LogP contribution in [0, 0.1) is 11.3 Å². The number of hydrogen-bond donors (Lipinski definition) is 1. The summed E-state index contributed by atoms with van der Waals surface area (Å²) in [4.78, 5) is 18.8. The summed E-state index contributed by atoms with van der Waals surface area (Å²) in [5.41, 5.74) is 0.303. The van der Waals surface area contributed by atoms with Gasteiger partial charge in [0.25, 0.3) is 0 Å². The summed E-state index contributed by atoms with van der Waals surface area (Å²) < 4.78 is 5.12. The van der Waals surface area contributed by atoms with Gasteiger partial charge < -0.3 is 15.0 Å². The molecule has 5 nitrogen and oxygen atoms in total. The first-order valence-electron chi connectivity index (χ1n) is 8.57. The third-order valence-electron chi connectivity index (χ3n) is 3.87. The Hall–Kier alpha value is -1.26. The molecule has 1 aliphatic rings. The number of aliphatic imine (C=N–C) groups is 1. The van der Waals surface area contributed by atoms with E-state index in [0.717, 1.165) is 51.4 Å². The van der Waals surface area contributed by atoms with Gasteiger partial charge >= 0.3 is 5.97 Å². The van der Waals surface area contributed by atoms with Gasteiger partial charge in [0.1, 0.15) is 0 Å². The summed E-state index contributed by atoms with van der Waals surface area (Å²) in [6.45, 7) is 14.6. The molecule has 1 rings (SSSR count). The lowest BCUT2D eigenvalue weighted by molar-refractivity contribution is -0.149. The van der Waals surface area contributed by atoms with Crippen LogP contribution in [0.25, 0.3) is 0 Å². The number of guanidine groups is 1. The summed E-state index contributed by atoms with van der Waals surface area (Å²) in [7, 11) is 0. The number of hydrogen-bond acceptors (Lipinski definition) is 3. The van der Waals surface area contributed by atoms with E-state index in [1.165, 1.54) is 0 Å². The van der Waals surface area contributed by atoms with Crippen LogP contribution in [0.3, 0.4) is 0 Å². The third kappa shape index (κ3) is 6.67. The summed E-state index contributed by atoms with van der Waals surface area (Å²) in [5, 5.41) is 3.37. The van der Waals surface area contributed by atoms with Crippen LogP contribution in [0.5, 0.6) is 0 Å². The highest BCUT2D eigenvalue weighted by atomic mass is 16.5. The normalized spacial score (nSPS) is 17.5. The molecule has 1 aliphatic heterocycles. The molecule has 0 unspecified atom stereocenters. The zero-order valence-corrected chi connectivity index (χ0v) is 14.9. The standard InChI is InChI=1S/C17H33N3O2/c1-6-18-16(19-11-10-17(3,4)5)20-12-8-14(9-13-20)15(21)22-7-2/h14H,6-13H2,1-5H3,(H,18,19). The molecule has 1 fully saturated rings. The van der Waals surface area contributed by atoms with Crippen LogP contribution in [-0.4, -0.2) is 49.6 Å². The van der Waals surface area contributed by atoms with Gasteiger partial charge in [-0.3, -0.25) is 9.79 Å². The maximum absolute atomic E-state index is 11.8. The van der Waals surface area contributed by atoms with Gasteiger partial charge in [0.15, 0.2) is 5.96 Å². The topological polar surface area (TPSA) is 53.9 Å². The van der Waals surface area contributed by atoms with Gasteiger partial charge in [-0.2, -0.15) is 0 Å². The first-order valence-corrected chi connectivity index (χ1v) is 8.57. The Kier molecular flexibility index (Phi) is 7.69. The molecule has 0 saturated carbocycles. The molecule has 0 aromatic rings. The molecular formula is C17H33N3O2. The van der Waals surface area contributed by atoms with Crippen molar-refractivity contribution in [1.82, 2.24) is 10.2 Å². The van der Waals surface area contributed by atoms with Crippen LogP contribution >= 0.6 is 0 Å². The molecule has 1 saturated heterocycles. The van der Waals surface area contributed by atoms with Gasteiger partial charge in [-0.05, 0) is 38.5 Å². The van der Waals surface area contributed by atoms with Crippen molar-refractivity contribution in [2.75, 3.05) is 32.8 Å². The number of esters is 1. The first kappa shape index (κ1) is 18.8. The SMILES string of the molecule is CCNC(=NCCC(C)(C)C)N1CCC(C(=O)OCC)CC1. The molecule has 5 heteroatoms. The van der Waals surface area contributed by atoms with E-state index in [0.29, 0.717) is 12.0 Å². The Morgan fingerprint density at radius 3 is 2.41 bits per heavy atom. The largest absolute Gasteiger partial charge is 0.466 e. The lowest BCUT2D eigenvalue weighted by Gasteiger charge is -2.33. The predicted molar refractivity (Wildman–Crippen MR) is 91.0 cm³/mol. The number of likely N-dealkylation sites (tertiary alicyclic amines) is 1. The van der Waals surface area contributed by atoms with Crippen molar-refractivity contribution in [2.45, 2.75) is 53.9 Å². The number of piperidine rings is 1. The lowest BCUT2D eigenvalue weighted by Crippen LogP contribution is -2.46. The molecule has 0 aromatic carbocycles. The number of nitrogens with one attached hydrogen (secondary N) is 1. The zero-order chi connectivity index (χ0) is 16.6. The Morgan fingerprint density at radius 1 is 1.27 bits per heavy atom. The minimum atomic E-state index is -0.0446. The van der Waals surface area contributed by atoms with Crippen molar-refractivity contribution in [3.63, 3.8) is 0 Å². The van der Waals surface area contributed by atoms with Gasteiger partial charge in [-0.25, -0.2) is 0 Å². The number of ether oxygens (including phenoxy) is 1. The second-order valence-corrected chi connectivity index (χ2v) is 7.06. The summed E-state index contributed by atoms with van der Waals surface area (Å²) in [6.07, 6.45) is 2.77. The summed E-state index contributed by atoms with van der Waals surface area (Å²) >= 11 is 0. The predicted octanol–water partition coefficient (Wildman–Crippen LogP) is 2.66. The van der Waals surface area contributed by atoms with Gasteiger partial charge in [0.2, 0.25) is 0 Å². The fraction of sp³-hybridized carbons (Fsp3) is 0.882. The fourth-order valence-electron chi connectivity index (χ4n) is 2.51. The van der Waals surface area contributed by atoms with Crippen LogP contribution in [0.4, 0.5) is 0 Å². The van der Waals surface area contributed by atoms with Crippen molar-refractivity contribution in [2.24, 2.45) is 16.3 Å². The van der Waals surface area contributed by atoms with Crippen molar-refractivity contribution in [1.29, 1.82) is 0 Å². The Balaban J connectivity index is 2.52. The molecule has 0 amide bonds. The number of nitrogens with zero attached hydrogens (tertiary/aromatic N) is 2. The van der Waals surface area contributed by atoms with Crippen LogP contribution in [0.15, 0.2) is 4.99 Å². The quantitative estimate of drug-likeness (QED) is 0.482. The molecule has 1 N–H and O–H groups in total. The lowest BCUT2D eigenvalue weighted by atomic mass is 9.92. The highest BCUT2D eigenvalue weighted by Gasteiger charge is 2.27. The van der Waals surface area contributed by atoms with E-state index >= 15 is 0 Å². The highest BCUT2D eigenvalue weighted by molar-refractivity contribution is 5.80. The van der Waals surface area contributed by atoms with Crippen LogP contribution in [0.2, 0.25) is 0 Å². The van der Waals surface area contributed by atoms with Gasteiger partial charge in [-0.1, -0.05) is 20.8 Å². The van der Waals surface area contributed by atoms with E-state index in [2.05, 4.69) is 37.9 Å². The van der Waals surface area contributed by atoms with Gasteiger partial charge in [0, 0.05) is 26.2 Å². The first-order chi connectivity index (χ1) is 10.4. The molecule has 0 bridgehead atoms. The van der Waals surface area contributed by atoms with Crippen molar-refractivity contribution in [3.05, 3.63) is 0 Å². The monoisotopic (exact) mass is 311 g/mol. The second-order valence-electron chi connectivity index (χ2n) is 7.06. The van der Waals surface area contributed by atoms with Crippen LogP contribution < -0.4 is 5.32 Å². The smallest absolute Gasteiger partial charge is 0.309 e. The fourth-order valence-corrected chi connectivity index (χ4v) is 2.51. The molecule has 0 radical (unpaired) electrons. The maximum atomic E-state index is 11.8. The number of rotatable bonds is 5. The molecule has 128 valence electrons. The number of carbonyl (C=O) groups is 1. The van der Waals surface area contributed by atoms with E-state index in [-0.39, 0.29) is 11.9 Å². The van der Waals surface area contributed by atoms with E-state index in [9.17, 15) is 4.79 Å². The average Bonchev–Trinajstić information content (AvgIpc) is 2.45. The Labute approximate surface area is 135 Å². The second kappa shape index (κ2) is 9.01. The summed E-state index contributed by atoms with van der Waals surface area (Å²) in [6, 6.07) is 0. The van der Waals surface area contributed by atoms with Crippen LogP contribution in [0.1, 0.15) is 53.9 Å². The van der Waals surface area contributed by atoms with Crippen molar-refractivity contribution >= 4 is 11.9 Å². The van der Waals surface area contributed by atoms with Gasteiger partial charge in [0.05, 0.1) is 12.5 Å². The molecule has 1 heterocycles. The molecule has 0 aliphatic carbocycles. The minimum absolute atomic E-state index is 0.0446. The van der Waals surface area contributed by atoms with E-state index < -0.39 is 0 Å². The van der Waals surface area contributed by atoms with E-state index in [1.807, 2.05) is 6.92 Å². The van der Waals surface area contributed by atoms with Crippen molar-refractivity contribution in [3.8, 4) is 0 Å². The van der Waals surface area contributed by atoms with Crippen molar-refractivity contribution < 1.29 is 9.53 Å². The molecule has 0 spiro atoms. The van der Waals surface area contributed by atoms with E-state index in [1.54, 1.807) is 0 Å². The molecule has 22 heavy (non-hydrogen) atoms. The van der Waals surface area contributed by atoms with Crippen LogP contribution in [-0.2, 0) is 9.53 Å². The average molecular weight is 311 g/mol. The third-order valence-corrected chi connectivity index (χ3v) is 3.87. The van der Waals surface area contributed by atoms with E-state index in [4.69, 9.17) is 9.73 Å². The highest BCUT2D eigenvalue weighted by Crippen LogP contribution is 2.20. The molecule has 0 atom stereocenters. The zero-order valence-electron chi connectivity index (χ0n) is 14.9. The summed E-state index contributed by atoms with van der Waals surface area (Å²) in [5.74, 6) is 0.986. The minimum Gasteiger partial charge on any atom is -0.466 e. The molecule has 0 aromatic heterocycles. The molecular weight excluding hydrogens is 278 g/mol. The Morgan fingerprint density at radius 2 is 1.91 bits per heavy atom.